The highest BCUT2D eigenvalue weighted by molar-refractivity contribution is 6.28. The lowest BCUT2D eigenvalue weighted by Gasteiger charge is -2.19. The average molecular weight is 535 g/mol. The summed E-state index contributed by atoms with van der Waals surface area (Å²) in [6.07, 6.45) is 2.67. The first-order valence-electron chi connectivity index (χ1n) is 12.5. The van der Waals surface area contributed by atoms with Crippen LogP contribution in [0.3, 0.4) is 0 Å². The van der Waals surface area contributed by atoms with E-state index in [1.807, 2.05) is 28.8 Å². The van der Waals surface area contributed by atoms with Crippen molar-refractivity contribution in [2.75, 3.05) is 29.0 Å². The topological polar surface area (TPSA) is 131 Å². The molecule has 2 heterocycles. The van der Waals surface area contributed by atoms with Gasteiger partial charge in [-0.25, -0.2) is 4.98 Å². The summed E-state index contributed by atoms with van der Waals surface area (Å²) in [7, 11) is 0. The number of rotatable bonds is 11. The van der Waals surface area contributed by atoms with Crippen LogP contribution < -0.4 is 21.3 Å². The van der Waals surface area contributed by atoms with Gasteiger partial charge in [-0.1, -0.05) is 24.3 Å². The number of fused-ring (bicyclic) bond motifs is 1. The van der Waals surface area contributed by atoms with Gasteiger partial charge in [0.1, 0.15) is 0 Å². The van der Waals surface area contributed by atoms with E-state index in [2.05, 4.69) is 44.3 Å². The number of nitrogens with zero attached hydrogens (tertiary/aromatic N) is 5. The van der Waals surface area contributed by atoms with Crippen molar-refractivity contribution in [2.45, 2.75) is 39.8 Å². The van der Waals surface area contributed by atoms with Crippen LogP contribution in [-0.2, 0) is 17.9 Å². The van der Waals surface area contributed by atoms with Gasteiger partial charge in [0.05, 0.1) is 17.7 Å². The number of aryl methyl sites for hydroxylation is 1. The van der Waals surface area contributed by atoms with Crippen molar-refractivity contribution in [3.63, 3.8) is 0 Å². The molecule has 0 bridgehead atoms. The van der Waals surface area contributed by atoms with Crippen LogP contribution in [0.4, 0.5) is 17.2 Å². The Bertz CT molecular complexity index is 1420. The molecule has 2 aromatic carbocycles. The second kappa shape index (κ2) is 12.4. The van der Waals surface area contributed by atoms with Gasteiger partial charge in [-0.2, -0.15) is 9.97 Å². The number of carbonyl (C=O) groups is 2. The van der Waals surface area contributed by atoms with Crippen molar-refractivity contribution in [2.24, 2.45) is 0 Å². The van der Waals surface area contributed by atoms with Crippen LogP contribution in [0.15, 0.2) is 54.9 Å². The minimum Gasteiger partial charge on any atom is -0.397 e. The van der Waals surface area contributed by atoms with E-state index in [0.29, 0.717) is 59.9 Å². The molecule has 0 unspecified atom stereocenters. The predicted molar refractivity (Wildman–Crippen MR) is 150 cm³/mol. The Kier molecular flexibility index (Phi) is 8.75. The summed E-state index contributed by atoms with van der Waals surface area (Å²) in [5.74, 6) is 0.405. The largest absolute Gasteiger partial charge is 0.397 e. The fraction of sp³-hybridized carbons (Fsp3) is 0.296. The van der Waals surface area contributed by atoms with Crippen LogP contribution >= 0.6 is 11.6 Å². The van der Waals surface area contributed by atoms with E-state index in [1.54, 1.807) is 30.6 Å². The van der Waals surface area contributed by atoms with Crippen molar-refractivity contribution in [3.05, 3.63) is 71.3 Å². The molecule has 0 saturated carbocycles. The molecule has 0 aliphatic rings. The summed E-state index contributed by atoms with van der Waals surface area (Å²) in [5.41, 5.74) is 9.71. The highest BCUT2D eigenvalue weighted by Gasteiger charge is 2.16. The minimum absolute atomic E-state index is 0.0627. The number of nitrogens with two attached hydrogens (primary N) is 1. The van der Waals surface area contributed by atoms with Crippen LogP contribution in [0, 0.1) is 0 Å². The van der Waals surface area contributed by atoms with E-state index in [9.17, 15) is 9.59 Å². The third-order valence-corrected chi connectivity index (χ3v) is 6.37. The Hall–Kier alpha value is -4.18. The summed E-state index contributed by atoms with van der Waals surface area (Å²) in [4.78, 5) is 40.2. The minimum atomic E-state index is -0.249. The zero-order chi connectivity index (χ0) is 27.1. The summed E-state index contributed by atoms with van der Waals surface area (Å²) < 4.78 is 1.90. The molecule has 4 aromatic rings. The Labute approximate surface area is 226 Å². The van der Waals surface area contributed by atoms with Crippen molar-refractivity contribution in [1.82, 2.24) is 24.8 Å². The molecule has 2 aromatic heterocycles. The monoisotopic (exact) mass is 534 g/mol. The molecule has 0 saturated heterocycles. The number of amides is 2. The number of aromatic nitrogens is 4. The van der Waals surface area contributed by atoms with E-state index in [4.69, 9.17) is 17.3 Å². The summed E-state index contributed by atoms with van der Waals surface area (Å²) in [6, 6.07) is 14.2. The fourth-order valence-electron chi connectivity index (χ4n) is 4.09. The molecule has 11 heteroatoms. The van der Waals surface area contributed by atoms with Crippen molar-refractivity contribution >= 4 is 51.8 Å². The first-order chi connectivity index (χ1) is 18.4. The van der Waals surface area contributed by atoms with Gasteiger partial charge in [0.2, 0.25) is 11.2 Å². The number of para-hydroxylation sites is 2. The van der Waals surface area contributed by atoms with Gasteiger partial charge in [-0.05, 0) is 61.7 Å². The number of hydrogen-bond donors (Lipinski definition) is 3. The zero-order valence-electron chi connectivity index (χ0n) is 21.4. The van der Waals surface area contributed by atoms with Gasteiger partial charge in [0.15, 0.2) is 17.0 Å². The summed E-state index contributed by atoms with van der Waals surface area (Å²) in [6.45, 7) is 6.61. The van der Waals surface area contributed by atoms with E-state index in [1.165, 1.54) is 0 Å². The fourth-order valence-corrected chi connectivity index (χ4v) is 4.25. The summed E-state index contributed by atoms with van der Waals surface area (Å²) in [5, 5.41) is 5.90. The molecular formula is C27H31ClN8O2. The van der Waals surface area contributed by atoms with Crippen LogP contribution in [0.2, 0.25) is 5.28 Å². The SMILES string of the molecule is CCN(CC)c1nc(Cl)nc2c1ncn2CCCC(=O)NCc1ccc(C(=O)Nc2ccccc2N)cc1. The van der Waals surface area contributed by atoms with Gasteiger partial charge in [-0.3, -0.25) is 9.59 Å². The molecule has 4 N–H and O–H groups in total. The Morgan fingerprint density at radius 2 is 1.79 bits per heavy atom. The number of anilines is 3. The number of imidazole rings is 1. The quantitative estimate of drug-likeness (QED) is 0.193. The van der Waals surface area contributed by atoms with E-state index < -0.39 is 0 Å². The van der Waals surface area contributed by atoms with Gasteiger partial charge >= 0.3 is 0 Å². The normalized spacial score (nSPS) is 10.9. The highest BCUT2D eigenvalue weighted by Crippen LogP contribution is 2.24. The maximum atomic E-state index is 12.5. The lowest BCUT2D eigenvalue weighted by Crippen LogP contribution is -2.23. The number of nitrogens with one attached hydrogen (secondary N) is 2. The van der Waals surface area contributed by atoms with Crippen LogP contribution in [0.1, 0.15) is 42.6 Å². The Morgan fingerprint density at radius 3 is 2.50 bits per heavy atom. The molecule has 0 atom stereocenters. The summed E-state index contributed by atoms with van der Waals surface area (Å²) >= 11 is 6.18. The molecule has 198 valence electrons. The second-order valence-electron chi connectivity index (χ2n) is 8.72. The van der Waals surface area contributed by atoms with Crippen molar-refractivity contribution in [1.29, 1.82) is 0 Å². The smallest absolute Gasteiger partial charge is 0.255 e. The maximum Gasteiger partial charge on any atom is 0.255 e. The Morgan fingerprint density at radius 1 is 1.05 bits per heavy atom. The third-order valence-electron chi connectivity index (χ3n) is 6.20. The highest BCUT2D eigenvalue weighted by atomic mass is 35.5. The van der Waals surface area contributed by atoms with Gasteiger partial charge in [-0.15, -0.1) is 0 Å². The first-order valence-corrected chi connectivity index (χ1v) is 12.9. The molecule has 2 amide bonds. The molecule has 0 aliphatic heterocycles. The molecule has 10 nitrogen and oxygen atoms in total. The molecule has 0 spiro atoms. The molecular weight excluding hydrogens is 504 g/mol. The van der Waals surface area contributed by atoms with E-state index in [0.717, 1.165) is 18.7 Å². The first kappa shape index (κ1) is 26.9. The molecule has 4 rings (SSSR count). The standard InChI is InChI=1S/C27H31ClN8O2/c1-3-35(4-2)24-23-25(34-27(28)33-24)36(17-31-23)15-7-10-22(37)30-16-18-11-13-19(14-12-18)26(38)32-21-9-6-5-8-20(21)29/h5-6,8-9,11-14,17H,3-4,7,10,15-16,29H2,1-2H3,(H,30,37)(H,32,38). The molecule has 0 aliphatic carbocycles. The van der Waals surface area contributed by atoms with Crippen LogP contribution in [0.25, 0.3) is 11.2 Å². The van der Waals surface area contributed by atoms with Crippen molar-refractivity contribution in [3.8, 4) is 0 Å². The second-order valence-corrected chi connectivity index (χ2v) is 9.06. The third kappa shape index (κ3) is 6.38. The number of halogens is 1. The van der Waals surface area contributed by atoms with Crippen LogP contribution in [-0.4, -0.2) is 44.4 Å². The van der Waals surface area contributed by atoms with Gasteiger partial charge < -0.3 is 25.8 Å². The lowest BCUT2D eigenvalue weighted by atomic mass is 10.1. The average Bonchev–Trinajstić information content (AvgIpc) is 3.32. The Balaban J connectivity index is 1.27. The van der Waals surface area contributed by atoms with E-state index in [-0.39, 0.29) is 17.1 Å². The zero-order valence-corrected chi connectivity index (χ0v) is 22.2. The van der Waals surface area contributed by atoms with E-state index >= 15 is 0 Å². The van der Waals surface area contributed by atoms with Gasteiger partial charge in [0.25, 0.3) is 5.91 Å². The van der Waals surface area contributed by atoms with Crippen LogP contribution in [0.5, 0.6) is 0 Å². The lowest BCUT2D eigenvalue weighted by molar-refractivity contribution is -0.121. The van der Waals surface area contributed by atoms with Gasteiger partial charge in [0, 0.05) is 38.2 Å². The van der Waals surface area contributed by atoms with Crippen molar-refractivity contribution < 1.29 is 9.59 Å². The number of benzene rings is 2. The molecule has 0 fully saturated rings. The number of hydrogen-bond acceptors (Lipinski definition) is 7. The predicted octanol–water partition coefficient (Wildman–Crippen LogP) is 4.26. The number of carbonyl (C=O) groups excluding carboxylic acids is 2. The maximum absolute atomic E-state index is 12.5. The molecule has 0 radical (unpaired) electrons. The number of nitrogen functional groups attached to an aromatic ring is 1. The molecule has 38 heavy (non-hydrogen) atoms.